The molecular weight excluding hydrogens is 284 g/mol. The summed E-state index contributed by atoms with van der Waals surface area (Å²) in [5.74, 6) is -0.489. The van der Waals surface area contributed by atoms with Gasteiger partial charge in [-0.3, -0.25) is 9.59 Å². The van der Waals surface area contributed by atoms with Gasteiger partial charge in [-0.2, -0.15) is 0 Å². The van der Waals surface area contributed by atoms with E-state index >= 15 is 0 Å². The molecule has 0 spiro atoms. The maximum Gasteiger partial charge on any atom is 0.272 e. The lowest BCUT2D eigenvalue weighted by atomic mass is 10.1. The Morgan fingerprint density at radius 2 is 1.91 bits per heavy atom. The summed E-state index contributed by atoms with van der Waals surface area (Å²) in [5.41, 5.74) is 2.10. The molecule has 2 aliphatic rings. The van der Waals surface area contributed by atoms with E-state index in [0.717, 1.165) is 5.39 Å². The van der Waals surface area contributed by atoms with Gasteiger partial charge in [-0.25, -0.2) is 0 Å². The highest BCUT2D eigenvalue weighted by Crippen LogP contribution is 2.31. The van der Waals surface area contributed by atoms with Crippen molar-refractivity contribution >= 4 is 22.8 Å². The molecule has 7 heteroatoms. The van der Waals surface area contributed by atoms with Crippen LogP contribution in [0.1, 0.15) is 17.4 Å². The van der Waals surface area contributed by atoms with E-state index < -0.39 is 0 Å². The minimum absolute atomic E-state index is 0.141. The molecule has 0 aliphatic carbocycles. The number of rotatable bonds is 4. The standard InChI is InChI=1S/C15H14N4O3/c1-9(20)16-6-7-17-15(21)14-11-8-22-12-5-3-2-4-10(12)13(11)18-19-14/h2-5,8H,6-7H2,1H3,(H,16,20)(H,17,21). The Morgan fingerprint density at radius 3 is 2.73 bits per heavy atom. The molecule has 0 unspecified atom stereocenters. The first-order valence-corrected chi connectivity index (χ1v) is 6.82. The number of carbonyl (C=O) groups is 2. The highest BCUT2D eigenvalue weighted by molar-refractivity contribution is 6.03. The first-order chi connectivity index (χ1) is 10.7. The van der Waals surface area contributed by atoms with Crippen molar-refractivity contribution in [3.8, 4) is 11.3 Å². The van der Waals surface area contributed by atoms with E-state index in [4.69, 9.17) is 4.42 Å². The first-order valence-electron chi connectivity index (χ1n) is 6.82. The van der Waals surface area contributed by atoms with Crippen LogP contribution < -0.4 is 10.6 Å². The van der Waals surface area contributed by atoms with E-state index in [9.17, 15) is 9.59 Å². The van der Waals surface area contributed by atoms with E-state index in [1.807, 2.05) is 24.3 Å². The number of carbonyl (C=O) groups excluding carboxylic acids is 2. The molecule has 22 heavy (non-hydrogen) atoms. The molecule has 0 saturated heterocycles. The van der Waals surface area contributed by atoms with Gasteiger partial charge >= 0.3 is 0 Å². The summed E-state index contributed by atoms with van der Waals surface area (Å²) in [4.78, 5) is 22.9. The summed E-state index contributed by atoms with van der Waals surface area (Å²) in [7, 11) is 0. The van der Waals surface area contributed by atoms with Crippen molar-refractivity contribution in [3.05, 3.63) is 36.2 Å². The summed E-state index contributed by atoms with van der Waals surface area (Å²) >= 11 is 0. The Labute approximate surface area is 126 Å². The number of benzene rings is 1. The lowest BCUT2D eigenvalue weighted by molar-refractivity contribution is -0.118. The summed E-state index contributed by atoms with van der Waals surface area (Å²) in [6, 6.07) is 7.44. The Bertz CT molecular complexity index is 812. The molecule has 2 aliphatic heterocycles. The van der Waals surface area contributed by atoms with Gasteiger partial charge in [0, 0.05) is 25.4 Å². The number of hydrogen-bond acceptors (Lipinski definition) is 5. The summed E-state index contributed by atoms with van der Waals surface area (Å²) in [5, 5.41) is 14.1. The van der Waals surface area contributed by atoms with Gasteiger partial charge < -0.3 is 15.1 Å². The molecule has 0 radical (unpaired) electrons. The average molecular weight is 298 g/mol. The molecule has 1 aromatic carbocycles. The molecule has 0 bridgehead atoms. The van der Waals surface area contributed by atoms with Crippen LogP contribution in [-0.2, 0) is 4.79 Å². The van der Waals surface area contributed by atoms with Gasteiger partial charge in [0.05, 0.1) is 5.56 Å². The highest BCUT2D eigenvalue weighted by atomic mass is 16.3. The molecule has 0 fully saturated rings. The summed E-state index contributed by atoms with van der Waals surface area (Å²) in [6.45, 7) is 2.10. The van der Waals surface area contributed by atoms with Crippen molar-refractivity contribution in [3.63, 3.8) is 0 Å². The second-order valence-corrected chi connectivity index (χ2v) is 4.78. The van der Waals surface area contributed by atoms with Crippen molar-refractivity contribution in [2.24, 2.45) is 0 Å². The molecule has 2 heterocycles. The van der Waals surface area contributed by atoms with Crippen molar-refractivity contribution in [2.45, 2.75) is 6.92 Å². The SMILES string of the molecule is CC(=O)NCCNC(=O)c1nnc2c3ccccc3occ1-2. The zero-order chi connectivity index (χ0) is 15.5. The second kappa shape index (κ2) is 5.80. The smallest absolute Gasteiger partial charge is 0.272 e. The van der Waals surface area contributed by atoms with Gasteiger partial charge in [-0.05, 0) is 12.1 Å². The van der Waals surface area contributed by atoms with Crippen LogP contribution in [0.5, 0.6) is 0 Å². The third-order valence-electron chi connectivity index (χ3n) is 3.21. The van der Waals surface area contributed by atoms with E-state index in [-0.39, 0.29) is 17.5 Å². The van der Waals surface area contributed by atoms with Crippen molar-refractivity contribution in [2.75, 3.05) is 13.1 Å². The lowest BCUT2D eigenvalue weighted by Gasteiger charge is -2.05. The zero-order valence-electron chi connectivity index (χ0n) is 11.9. The van der Waals surface area contributed by atoms with Crippen LogP contribution in [0.15, 0.2) is 34.9 Å². The normalized spacial score (nSPS) is 10.8. The van der Waals surface area contributed by atoms with Crippen molar-refractivity contribution in [1.29, 1.82) is 0 Å². The van der Waals surface area contributed by atoms with Crippen LogP contribution in [-0.4, -0.2) is 35.1 Å². The van der Waals surface area contributed by atoms with E-state index in [1.54, 1.807) is 0 Å². The van der Waals surface area contributed by atoms with Gasteiger partial charge in [0.25, 0.3) is 5.91 Å². The summed E-state index contributed by atoms with van der Waals surface area (Å²) in [6.07, 6.45) is 1.49. The Hall–Kier alpha value is -2.96. The van der Waals surface area contributed by atoms with Crippen LogP contribution in [0.25, 0.3) is 22.2 Å². The average Bonchev–Trinajstić information content (AvgIpc) is 2.95. The monoisotopic (exact) mass is 298 g/mol. The number of nitrogens with zero attached hydrogens (tertiary/aromatic N) is 2. The third-order valence-corrected chi connectivity index (χ3v) is 3.21. The van der Waals surface area contributed by atoms with E-state index in [0.29, 0.717) is 29.9 Å². The number of aromatic nitrogens is 2. The maximum absolute atomic E-state index is 12.1. The molecule has 2 N–H and O–H groups in total. The number of amides is 2. The lowest BCUT2D eigenvalue weighted by Crippen LogP contribution is -2.33. The quantitative estimate of drug-likeness (QED) is 0.705. The van der Waals surface area contributed by atoms with Gasteiger partial charge in [-0.1, -0.05) is 12.1 Å². The summed E-state index contributed by atoms with van der Waals surface area (Å²) < 4.78 is 5.51. The molecule has 2 amide bonds. The maximum atomic E-state index is 12.1. The molecule has 0 aromatic heterocycles. The van der Waals surface area contributed by atoms with Gasteiger partial charge in [0.1, 0.15) is 17.5 Å². The van der Waals surface area contributed by atoms with Gasteiger partial charge in [0.15, 0.2) is 5.69 Å². The topological polar surface area (TPSA) is 97.1 Å². The van der Waals surface area contributed by atoms with Crippen molar-refractivity contribution < 1.29 is 14.0 Å². The van der Waals surface area contributed by atoms with Crippen LogP contribution in [0.3, 0.4) is 0 Å². The molecule has 1 aromatic rings. The Morgan fingerprint density at radius 1 is 1.14 bits per heavy atom. The molecule has 0 saturated carbocycles. The highest BCUT2D eigenvalue weighted by Gasteiger charge is 2.22. The van der Waals surface area contributed by atoms with Crippen LogP contribution >= 0.6 is 0 Å². The molecule has 3 rings (SSSR count). The minimum Gasteiger partial charge on any atom is -0.463 e. The molecule has 112 valence electrons. The van der Waals surface area contributed by atoms with Gasteiger partial charge in [0.2, 0.25) is 5.91 Å². The fourth-order valence-corrected chi connectivity index (χ4v) is 2.18. The van der Waals surface area contributed by atoms with Crippen LogP contribution in [0, 0.1) is 0 Å². The third kappa shape index (κ3) is 2.60. The predicted molar refractivity (Wildman–Crippen MR) is 79.4 cm³/mol. The van der Waals surface area contributed by atoms with E-state index in [2.05, 4.69) is 20.8 Å². The first kappa shape index (κ1) is 14.0. The van der Waals surface area contributed by atoms with E-state index in [1.165, 1.54) is 13.2 Å². The Kier molecular flexibility index (Phi) is 3.69. The minimum atomic E-state index is -0.349. The van der Waals surface area contributed by atoms with Crippen LogP contribution in [0.2, 0.25) is 0 Å². The predicted octanol–water partition coefficient (Wildman–Crippen LogP) is 1.19. The second-order valence-electron chi connectivity index (χ2n) is 4.78. The van der Waals surface area contributed by atoms with Gasteiger partial charge in [-0.15, -0.1) is 10.2 Å². The van der Waals surface area contributed by atoms with Crippen LogP contribution in [0.4, 0.5) is 0 Å². The molecule has 0 atom stereocenters. The molecular formula is C15H14N4O3. The van der Waals surface area contributed by atoms with Crippen molar-refractivity contribution in [1.82, 2.24) is 20.8 Å². The Balaban J connectivity index is 1.80. The number of fused-ring (bicyclic) bond motifs is 3. The number of hydrogen-bond donors (Lipinski definition) is 2. The largest absolute Gasteiger partial charge is 0.463 e. The molecule has 7 nitrogen and oxygen atoms in total. The number of nitrogens with one attached hydrogen (secondary N) is 2. The fourth-order valence-electron chi connectivity index (χ4n) is 2.18. The number of para-hydroxylation sites is 1. The zero-order valence-corrected chi connectivity index (χ0v) is 11.9. The fraction of sp³-hybridized carbons (Fsp3) is 0.200.